The number of nitrogens with one attached hydrogen (secondary N) is 2. The van der Waals surface area contributed by atoms with Gasteiger partial charge in [0.05, 0.1) is 0 Å². The Morgan fingerprint density at radius 3 is 2.30 bits per heavy atom. The molecule has 2 N–H and O–H groups in total. The van der Waals surface area contributed by atoms with Crippen LogP contribution in [0.1, 0.15) is 46.6 Å². The average Bonchev–Trinajstić information content (AvgIpc) is 2.18. The number of anilines is 1. The first-order valence-electron chi connectivity index (χ1n) is 6.84. The van der Waals surface area contributed by atoms with Crippen molar-refractivity contribution in [3.05, 3.63) is 29.6 Å². The van der Waals surface area contributed by atoms with Crippen molar-refractivity contribution in [3.63, 3.8) is 0 Å². The Hall–Kier alpha value is -1.16. The van der Waals surface area contributed by atoms with Crippen LogP contribution in [0.3, 0.4) is 0 Å². The molecule has 20 heavy (non-hydrogen) atoms. The van der Waals surface area contributed by atoms with Crippen molar-refractivity contribution in [2.75, 3.05) is 5.32 Å². The second kappa shape index (κ2) is 6.08. The Balaban J connectivity index is 2.65. The van der Waals surface area contributed by atoms with Crippen LogP contribution in [0.5, 0.6) is 0 Å². The lowest BCUT2D eigenvalue weighted by atomic mass is 9.82. The van der Waals surface area contributed by atoms with Crippen LogP contribution in [0.15, 0.2) is 18.2 Å². The van der Waals surface area contributed by atoms with Gasteiger partial charge in [-0.25, -0.2) is 4.39 Å². The summed E-state index contributed by atoms with van der Waals surface area (Å²) in [4.78, 5) is 0. The van der Waals surface area contributed by atoms with Crippen LogP contribution in [0.25, 0.3) is 0 Å². The molecule has 1 rings (SSSR count). The minimum Gasteiger partial charge on any atom is -0.358 e. The molecule has 112 valence electrons. The van der Waals surface area contributed by atoms with Gasteiger partial charge in [0.15, 0.2) is 5.11 Å². The van der Waals surface area contributed by atoms with E-state index in [9.17, 15) is 4.39 Å². The predicted molar refractivity (Wildman–Crippen MR) is 88.6 cm³/mol. The summed E-state index contributed by atoms with van der Waals surface area (Å²) in [5.74, 6) is -0.230. The zero-order valence-electron chi connectivity index (χ0n) is 13.2. The molecule has 0 radical (unpaired) electrons. The Kier molecular flexibility index (Phi) is 5.14. The second-order valence-electron chi connectivity index (χ2n) is 7.16. The topological polar surface area (TPSA) is 24.1 Å². The molecule has 1 aromatic carbocycles. The van der Waals surface area contributed by atoms with E-state index in [1.54, 1.807) is 13.0 Å². The molecule has 0 aromatic heterocycles. The van der Waals surface area contributed by atoms with E-state index in [0.717, 1.165) is 6.42 Å². The first-order chi connectivity index (χ1) is 8.98. The molecule has 0 spiro atoms. The van der Waals surface area contributed by atoms with E-state index >= 15 is 0 Å². The van der Waals surface area contributed by atoms with Gasteiger partial charge in [-0.2, -0.15) is 0 Å². The molecule has 0 bridgehead atoms. The quantitative estimate of drug-likeness (QED) is 0.795. The fraction of sp³-hybridized carbons (Fsp3) is 0.562. The van der Waals surface area contributed by atoms with E-state index in [0.29, 0.717) is 16.4 Å². The summed E-state index contributed by atoms with van der Waals surface area (Å²) in [7, 11) is 0. The maximum absolute atomic E-state index is 13.5. The molecule has 0 aliphatic rings. The third kappa shape index (κ3) is 5.87. The lowest BCUT2D eigenvalue weighted by Crippen LogP contribution is -2.47. The minimum atomic E-state index is -0.230. The summed E-state index contributed by atoms with van der Waals surface area (Å²) in [6.07, 6.45) is 0.976. The van der Waals surface area contributed by atoms with Gasteiger partial charge >= 0.3 is 0 Å². The zero-order valence-corrected chi connectivity index (χ0v) is 14.0. The number of aryl methyl sites for hydroxylation is 1. The van der Waals surface area contributed by atoms with Gasteiger partial charge in [0.2, 0.25) is 0 Å². The lowest BCUT2D eigenvalue weighted by molar-refractivity contribution is 0.268. The molecule has 0 aliphatic heterocycles. The van der Waals surface area contributed by atoms with Gasteiger partial charge in [0.1, 0.15) is 5.82 Å². The highest BCUT2D eigenvalue weighted by Crippen LogP contribution is 2.26. The monoisotopic (exact) mass is 296 g/mol. The molecular weight excluding hydrogens is 271 g/mol. The molecule has 0 atom stereocenters. The van der Waals surface area contributed by atoms with E-state index in [1.807, 2.05) is 6.07 Å². The fourth-order valence-electron chi connectivity index (χ4n) is 2.51. The predicted octanol–water partition coefficient (Wildman–Crippen LogP) is 4.64. The Morgan fingerprint density at radius 1 is 1.20 bits per heavy atom. The Morgan fingerprint density at radius 2 is 1.80 bits per heavy atom. The van der Waals surface area contributed by atoms with Crippen LogP contribution < -0.4 is 10.6 Å². The van der Waals surface area contributed by atoms with Crippen molar-refractivity contribution >= 4 is 23.0 Å². The minimum absolute atomic E-state index is 0.119. The normalized spacial score (nSPS) is 12.2. The van der Waals surface area contributed by atoms with Crippen molar-refractivity contribution in [1.29, 1.82) is 0 Å². The van der Waals surface area contributed by atoms with Gasteiger partial charge < -0.3 is 10.6 Å². The van der Waals surface area contributed by atoms with Gasteiger partial charge in [0, 0.05) is 11.2 Å². The number of hydrogen-bond donors (Lipinski definition) is 2. The zero-order chi connectivity index (χ0) is 15.6. The maximum Gasteiger partial charge on any atom is 0.171 e. The van der Waals surface area contributed by atoms with E-state index in [1.165, 1.54) is 6.07 Å². The van der Waals surface area contributed by atoms with Gasteiger partial charge in [-0.05, 0) is 62.5 Å². The Bertz CT molecular complexity index is 490. The van der Waals surface area contributed by atoms with Crippen LogP contribution >= 0.6 is 12.2 Å². The molecule has 1 aromatic rings. The third-order valence-corrected chi connectivity index (χ3v) is 3.06. The molecular formula is C16H25FN2S. The first-order valence-corrected chi connectivity index (χ1v) is 7.25. The summed E-state index contributed by atoms with van der Waals surface area (Å²) in [5, 5.41) is 6.84. The smallest absolute Gasteiger partial charge is 0.171 e. The van der Waals surface area contributed by atoms with Gasteiger partial charge in [0.25, 0.3) is 0 Å². The number of hydrogen-bond acceptors (Lipinski definition) is 1. The van der Waals surface area contributed by atoms with Gasteiger partial charge in [-0.3, -0.25) is 0 Å². The van der Waals surface area contributed by atoms with Crippen LogP contribution in [0.2, 0.25) is 0 Å². The van der Waals surface area contributed by atoms with Crippen molar-refractivity contribution in [3.8, 4) is 0 Å². The molecule has 0 heterocycles. The van der Waals surface area contributed by atoms with Crippen molar-refractivity contribution in [1.82, 2.24) is 5.32 Å². The largest absolute Gasteiger partial charge is 0.358 e. The standard InChI is InChI=1S/C16H25FN2S/c1-11-7-8-12(9-13(11)17)18-14(20)19-16(5,6)10-15(2,3)4/h7-9H,10H2,1-6H3,(H2,18,19,20). The highest BCUT2D eigenvalue weighted by molar-refractivity contribution is 7.80. The molecule has 4 heteroatoms. The maximum atomic E-state index is 13.5. The SMILES string of the molecule is Cc1ccc(NC(=S)NC(C)(C)CC(C)(C)C)cc1F. The van der Waals surface area contributed by atoms with E-state index in [4.69, 9.17) is 12.2 Å². The summed E-state index contributed by atoms with van der Waals surface area (Å²) >= 11 is 5.30. The summed E-state index contributed by atoms with van der Waals surface area (Å²) in [5.41, 5.74) is 1.38. The van der Waals surface area contributed by atoms with Crippen molar-refractivity contribution in [2.24, 2.45) is 5.41 Å². The average molecular weight is 296 g/mol. The highest BCUT2D eigenvalue weighted by Gasteiger charge is 2.25. The molecule has 0 saturated heterocycles. The lowest BCUT2D eigenvalue weighted by Gasteiger charge is -2.34. The van der Waals surface area contributed by atoms with Crippen LogP contribution in [0, 0.1) is 18.2 Å². The summed E-state index contributed by atoms with van der Waals surface area (Å²) in [6.45, 7) is 12.6. The summed E-state index contributed by atoms with van der Waals surface area (Å²) < 4.78 is 13.5. The number of rotatable bonds is 3. The highest BCUT2D eigenvalue weighted by atomic mass is 32.1. The molecule has 0 amide bonds. The fourth-order valence-corrected chi connectivity index (χ4v) is 2.90. The third-order valence-electron chi connectivity index (χ3n) is 2.85. The second-order valence-corrected chi connectivity index (χ2v) is 7.57. The van der Waals surface area contributed by atoms with Crippen LogP contribution in [-0.4, -0.2) is 10.7 Å². The number of thiocarbonyl (C=S) groups is 1. The van der Waals surface area contributed by atoms with E-state index in [-0.39, 0.29) is 16.8 Å². The molecule has 0 unspecified atom stereocenters. The number of benzene rings is 1. The molecule has 2 nitrogen and oxygen atoms in total. The van der Waals surface area contributed by atoms with Crippen molar-refractivity contribution in [2.45, 2.75) is 53.5 Å². The molecule has 0 saturated carbocycles. The molecule has 0 aliphatic carbocycles. The van der Waals surface area contributed by atoms with Gasteiger partial charge in [-0.1, -0.05) is 26.8 Å². The van der Waals surface area contributed by atoms with E-state index < -0.39 is 0 Å². The van der Waals surface area contributed by atoms with Crippen LogP contribution in [-0.2, 0) is 0 Å². The Labute approximate surface area is 127 Å². The number of halogens is 1. The van der Waals surface area contributed by atoms with E-state index in [2.05, 4.69) is 45.3 Å². The van der Waals surface area contributed by atoms with Crippen molar-refractivity contribution < 1.29 is 4.39 Å². The van der Waals surface area contributed by atoms with Crippen LogP contribution in [0.4, 0.5) is 10.1 Å². The van der Waals surface area contributed by atoms with Gasteiger partial charge in [-0.15, -0.1) is 0 Å². The summed E-state index contributed by atoms with van der Waals surface area (Å²) in [6, 6.07) is 5.02. The first kappa shape index (κ1) is 16.9. The molecule has 0 fully saturated rings.